The van der Waals surface area contributed by atoms with Crippen LogP contribution in [-0.4, -0.2) is 11.2 Å². The number of aliphatic hydroxyl groups excluding tert-OH is 1. The van der Waals surface area contributed by atoms with Crippen molar-refractivity contribution < 1.29 is 14.6 Å². The summed E-state index contributed by atoms with van der Waals surface area (Å²) in [6.07, 6.45) is 4.19. The van der Waals surface area contributed by atoms with E-state index in [9.17, 15) is 5.11 Å². The zero-order valence-electron chi connectivity index (χ0n) is 16.1. The van der Waals surface area contributed by atoms with E-state index < -0.39 is 0 Å². The molecule has 1 N–H and O–H groups in total. The molecule has 0 aliphatic heterocycles. The van der Waals surface area contributed by atoms with Crippen LogP contribution < -0.4 is 9.47 Å². The molecule has 0 spiro atoms. The van der Waals surface area contributed by atoms with Crippen molar-refractivity contribution in [2.75, 3.05) is 0 Å². The molecule has 0 aliphatic carbocycles. The molecule has 144 valence electrons. The van der Waals surface area contributed by atoms with E-state index in [1.54, 1.807) is 6.92 Å². The summed E-state index contributed by atoms with van der Waals surface area (Å²) in [6.45, 7) is 2.78. The number of hydrogen-bond acceptors (Lipinski definition) is 3. The first-order valence-corrected chi connectivity index (χ1v) is 9.52. The summed E-state index contributed by atoms with van der Waals surface area (Å²) >= 11 is 0. The molecule has 3 heteroatoms. The van der Waals surface area contributed by atoms with Crippen LogP contribution in [0.1, 0.15) is 30.0 Å². The highest BCUT2D eigenvalue weighted by molar-refractivity contribution is 5.55. The fourth-order valence-corrected chi connectivity index (χ4v) is 2.74. The van der Waals surface area contributed by atoms with Gasteiger partial charge in [0.25, 0.3) is 0 Å². The van der Waals surface area contributed by atoms with Crippen LogP contribution in [-0.2, 0) is 13.2 Å². The zero-order valence-corrected chi connectivity index (χ0v) is 16.1. The summed E-state index contributed by atoms with van der Waals surface area (Å²) in [4.78, 5) is 0. The third-order valence-electron chi connectivity index (χ3n) is 4.19. The van der Waals surface area contributed by atoms with Crippen molar-refractivity contribution in [3.8, 4) is 11.5 Å². The molecule has 1 atom stereocenters. The Bertz CT molecular complexity index is 809. The van der Waals surface area contributed by atoms with E-state index in [2.05, 4.69) is 0 Å². The Balaban J connectivity index is 1.73. The third kappa shape index (κ3) is 6.60. The van der Waals surface area contributed by atoms with Gasteiger partial charge in [0.2, 0.25) is 0 Å². The minimum absolute atomic E-state index is 0.359. The Kier molecular flexibility index (Phi) is 7.28. The summed E-state index contributed by atoms with van der Waals surface area (Å²) in [6, 6.07) is 26.0. The highest BCUT2D eigenvalue weighted by atomic mass is 16.5. The standard InChI is InChI=1S/C25H26O3/c1-20(26)9-8-14-23-15-24(27-18-21-10-4-2-5-11-21)17-25(16-23)28-19-22-12-6-3-7-13-22/h2-8,10-17,20,26H,9,18-19H2,1H3/b14-8+. The lowest BCUT2D eigenvalue weighted by Gasteiger charge is -2.12. The van der Waals surface area contributed by atoms with E-state index in [4.69, 9.17) is 9.47 Å². The molecule has 3 rings (SSSR count). The molecule has 3 aromatic rings. The number of benzene rings is 3. The van der Waals surface area contributed by atoms with Crippen molar-refractivity contribution in [3.05, 3.63) is 102 Å². The fourth-order valence-electron chi connectivity index (χ4n) is 2.74. The summed E-state index contributed by atoms with van der Waals surface area (Å²) in [5.41, 5.74) is 3.21. The second kappa shape index (κ2) is 10.3. The average Bonchev–Trinajstić information content (AvgIpc) is 2.72. The molecule has 0 radical (unpaired) electrons. The second-order valence-electron chi connectivity index (χ2n) is 6.77. The molecule has 0 aliphatic rings. The number of rotatable bonds is 9. The molecule has 0 saturated carbocycles. The van der Waals surface area contributed by atoms with Gasteiger partial charge in [-0.15, -0.1) is 0 Å². The Morgan fingerprint density at radius 3 is 1.75 bits per heavy atom. The Labute approximate surface area is 166 Å². The molecular formula is C25H26O3. The van der Waals surface area contributed by atoms with Crippen LogP contribution in [0.4, 0.5) is 0 Å². The van der Waals surface area contributed by atoms with Gasteiger partial charge in [0, 0.05) is 6.07 Å². The quantitative estimate of drug-likeness (QED) is 0.528. The summed E-state index contributed by atoms with van der Waals surface area (Å²) in [5.74, 6) is 1.51. The summed E-state index contributed by atoms with van der Waals surface area (Å²) in [7, 11) is 0. The molecule has 3 aromatic carbocycles. The Morgan fingerprint density at radius 1 is 0.786 bits per heavy atom. The SMILES string of the molecule is CC(O)C/C=C/c1cc(OCc2ccccc2)cc(OCc2ccccc2)c1. The second-order valence-corrected chi connectivity index (χ2v) is 6.77. The van der Waals surface area contributed by atoms with Crippen molar-refractivity contribution in [2.45, 2.75) is 32.7 Å². The maximum atomic E-state index is 9.46. The van der Waals surface area contributed by atoms with E-state index >= 15 is 0 Å². The number of aliphatic hydroxyl groups is 1. The first kappa shape index (κ1) is 19.7. The van der Waals surface area contributed by atoms with Crippen LogP contribution in [0.3, 0.4) is 0 Å². The highest BCUT2D eigenvalue weighted by Crippen LogP contribution is 2.26. The molecule has 28 heavy (non-hydrogen) atoms. The lowest BCUT2D eigenvalue weighted by atomic mass is 10.1. The maximum Gasteiger partial charge on any atom is 0.124 e. The van der Waals surface area contributed by atoms with Gasteiger partial charge in [-0.2, -0.15) is 0 Å². The number of ether oxygens (including phenoxy) is 2. The largest absolute Gasteiger partial charge is 0.489 e. The molecule has 0 aromatic heterocycles. The van der Waals surface area contributed by atoms with Crippen molar-refractivity contribution in [3.63, 3.8) is 0 Å². The smallest absolute Gasteiger partial charge is 0.124 e. The van der Waals surface area contributed by atoms with Gasteiger partial charge in [-0.05, 0) is 42.2 Å². The van der Waals surface area contributed by atoms with Crippen molar-refractivity contribution >= 4 is 6.08 Å². The topological polar surface area (TPSA) is 38.7 Å². The van der Waals surface area contributed by atoms with Gasteiger partial charge in [0.15, 0.2) is 0 Å². The van der Waals surface area contributed by atoms with Crippen LogP contribution in [0.5, 0.6) is 11.5 Å². The fraction of sp³-hybridized carbons (Fsp3) is 0.200. The van der Waals surface area contributed by atoms with Gasteiger partial charge in [-0.25, -0.2) is 0 Å². The molecule has 0 fully saturated rings. The normalized spacial score (nSPS) is 12.1. The average molecular weight is 374 g/mol. The monoisotopic (exact) mass is 374 g/mol. The van der Waals surface area contributed by atoms with Crippen LogP contribution in [0.2, 0.25) is 0 Å². The van der Waals surface area contributed by atoms with Gasteiger partial charge < -0.3 is 14.6 Å². The van der Waals surface area contributed by atoms with Gasteiger partial charge in [0.05, 0.1) is 6.10 Å². The highest BCUT2D eigenvalue weighted by Gasteiger charge is 2.04. The lowest BCUT2D eigenvalue weighted by Crippen LogP contribution is -1.98. The maximum absolute atomic E-state index is 9.46. The molecule has 0 saturated heterocycles. The van der Waals surface area contributed by atoms with Gasteiger partial charge >= 0.3 is 0 Å². The predicted octanol–water partition coefficient (Wildman–Crippen LogP) is 5.63. The van der Waals surface area contributed by atoms with Crippen LogP contribution in [0, 0.1) is 0 Å². The van der Waals surface area contributed by atoms with E-state index in [0.29, 0.717) is 19.6 Å². The van der Waals surface area contributed by atoms with Gasteiger partial charge in [-0.3, -0.25) is 0 Å². The Morgan fingerprint density at radius 2 is 1.29 bits per heavy atom. The van der Waals surface area contributed by atoms with Gasteiger partial charge in [-0.1, -0.05) is 72.8 Å². The van der Waals surface area contributed by atoms with Crippen LogP contribution in [0.25, 0.3) is 6.08 Å². The first-order chi connectivity index (χ1) is 13.7. The van der Waals surface area contributed by atoms with E-state index in [0.717, 1.165) is 28.2 Å². The molecule has 0 heterocycles. The summed E-state index contributed by atoms with van der Waals surface area (Å²) in [5, 5.41) is 9.46. The Hall–Kier alpha value is -3.04. The minimum atomic E-state index is -0.359. The lowest BCUT2D eigenvalue weighted by molar-refractivity contribution is 0.199. The van der Waals surface area contributed by atoms with E-state index in [1.807, 2.05) is 91.0 Å². The first-order valence-electron chi connectivity index (χ1n) is 9.52. The van der Waals surface area contributed by atoms with Crippen molar-refractivity contribution in [1.29, 1.82) is 0 Å². The molecule has 0 bridgehead atoms. The van der Waals surface area contributed by atoms with Crippen molar-refractivity contribution in [1.82, 2.24) is 0 Å². The van der Waals surface area contributed by atoms with Crippen LogP contribution in [0.15, 0.2) is 84.9 Å². The predicted molar refractivity (Wildman–Crippen MR) is 113 cm³/mol. The van der Waals surface area contributed by atoms with Gasteiger partial charge in [0.1, 0.15) is 24.7 Å². The van der Waals surface area contributed by atoms with Crippen LogP contribution >= 0.6 is 0 Å². The molecule has 0 amide bonds. The summed E-state index contributed by atoms with van der Waals surface area (Å²) < 4.78 is 12.0. The molecular weight excluding hydrogens is 348 g/mol. The minimum Gasteiger partial charge on any atom is -0.489 e. The number of hydrogen-bond donors (Lipinski definition) is 1. The van der Waals surface area contributed by atoms with Crippen molar-refractivity contribution in [2.24, 2.45) is 0 Å². The van der Waals surface area contributed by atoms with E-state index in [1.165, 1.54) is 0 Å². The molecule has 3 nitrogen and oxygen atoms in total. The molecule has 1 unspecified atom stereocenters. The zero-order chi connectivity index (χ0) is 19.6. The van der Waals surface area contributed by atoms with E-state index in [-0.39, 0.29) is 6.10 Å². The third-order valence-corrected chi connectivity index (χ3v) is 4.19.